The number of nitrogens with one attached hydrogen (secondary N) is 1. The van der Waals surface area contributed by atoms with Crippen molar-refractivity contribution in [3.8, 4) is 0 Å². The highest BCUT2D eigenvalue weighted by Crippen LogP contribution is 2.23. The topological polar surface area (TPSA) is 86.8 Å². The number of anilines is 1. The minimum absolute atomic E-state index is 0.0672. The van der Waals surface area contributed by atoms with E-state index in [1.807, 2.05) is 42.5 Å². The van der Waals surface area contributed by atoms with Crippen molar-refractivity contribution in [2.75, 3.05) is 17.1 Å². The van der Waals surface area contributed by atoms with Crippen LogP contribution < -0.4 is 9.62 Å². The molecule has 0 spiro atoms. The number of halogens is 2. The molecule has 1 N–H and O–H groups in total. The van der Waals surface area contributed by atoms with Gasteiger partial charge in [0.05, 0.1) is 11.9 Å². The largest absolute Gasteiger partial charge is 0.352 e. The van der Waals surface area contributed by atoms with Gasteiger partial charge in [-0.3, -0.25) is 13.9 Å². The third kappa shape index (κ3) is 8.44. The second-order valence-electron chi connectivity index (χ2n) is 10.1. The third-order valence-corrected chi connectivity index (χ3v) is 9.14. The van der Waals surface area contributed by atoms with Gasteiger partial charge in [0, 0.05) is 27.6 Å². The van der Waals surface area contributed by atoms with E-state index in [4.69, 9.17) is 11.6 Å². The van der Waals surface area contributed by atoms with Crippen LogP contribution in [0.2, 0.25) is 5.02 Å². The fraction of sp³-hybridized carbons (Fsp3) is 0.333. The number of rotatable bonds is 11. The Morgan fingerprint density at radius 3 is 2.17 bits per heavy atom. The van der Waals surface area contributed by atoms with E-state index in [0.29, 0.717) is 17.1 Å². The molecule has 212 valence electrons. The lowest BCUT2D eigenvalue weighted by atomic mass is 10.0. The molecule has 0 saturated heterocycles. The van der Waals surface area contributed by atoms with Crippen molar-refractivity contribution in [2.24, 2.45) is 0 Å². The quantitative estimate of drug-likeness (QED) is 0.273. The van der Waals surface area contributed by atoms with Crippen molar-refractivity contribution in [1.29, 1.82) is 0 Å². The molecule has 40 heavy (non-hydrogen) atoms. The van der Waals surface area contributed by atoms with Crippen molar-refractivity contribution in [1.82, 2.24) is 10.2 Å². The van der Waals surface area contributed by atoms with Gasteiger partial charge in [-0.1, -0.05) is 66.9 Å². The molecule has 1 atom stereocenters. The first kappa shape index (κ1) is 30.3. The highest BCUT2D eigenvalue weighted by atomic mass is 127. The van der Waals surface area contributed by atoms with Crippen LogP contribution in [0.3, 0.4) is 0 Å². The molecule has 0 aliphatic heterocycles. The van der Waals surface area contributed by atoms with E-state index in [2.05, 4.69) is 27.9 Å². The van der Waals surface area contributed by atoms with Gasteiger partial charge in [0.15, 0.2) is 0 Å². The Labute approximate surface area is 255 Å². The Hall–Kier alpha value is -2.63. The number of benzene rings is 3. The number of carbonyl (C=O) groups excluding carboxylic acids is 2. The van der Waals surface area contributed by atoms with Gasteiger partial charge in [0.25, 0.3) is 0 Å². The molecule has 1 aliphatic rings. The summed E-state index contributed by atoms with van der Waals surface area (Å²) in [5.74, 6) is -0.709. The molecular formula is C30H33ClIN3O4S. The molecule has 10 heteroatoms. The number of carbonyl (C=O) groups is 2. The summed E-state index contributed by atoms with van der Waals surface area (Å²) >= 11 is 8.25. The van der Waals surface area contributed by atoms with Crippen molar-refractivity contribution in [3.05, 3.63) is 98.6 Å². The van der Waals surface area contributed by atoms with Gasteiger partial charge in [-0.25, -0.2) is 8.42 Å². The summed E-state index contributed by atoms with van der Waals surface area (Å²) in [6, 6.07) is 22.8. The van der Waals surface area contributed by atoms with Gasteiger partial charge in [0.1, 0.15) is 12.6 Å². The van der Waals surface area contributed by atoms with Crippen LogP contribution in [0.1, 0.15) is 36.8 Å². The zero-order valence-electron chi connectivity index (χ0n) is 22.3. The van der Waals surface area contributed by atoms with Gasteiger partial charge in [0.2, 0.25) is 21.8 Å². The molecule has 0 heterocycles. The van der Waals surface area contributed by atoms with Crippen LogP contribution in [0.4, 0.5) is 5.69 Å². The van der Waals surface area contributed by atoms with Gasteiger partial charge >= 0.3 is 0 Å². The number of hydrogen-bond donors (Lipinski definition) is 1. The lowest BCUT2D eigenvalue weighted by molar-refractivity contribution is -0.140. The number of sulfonamides is 1. The summed E-state index contributed by atoms with van der Waals surface area (Å²) < 4.78 is 27.7. The van der Waals surface area contributed by atoms with Crippen molar-refractivity contribution in [3.63, 3.8) is 0 Å². The molecule has 1 aliphatic carbocycles. The van der Waals surface area contributed by atoms with Crippen LogP contribution in [0.5, 0.6) is 0 Å². The van der Waals surface area contributed by atoms with Crippen molar-refractivity contribution < 1.29 is 18.0 Å². The Morgan fingerprint density at radius 1 is 0.950 bits per heavy atom. The first-order valence-corrected chi connectivity index (χ1v) is 16.5. The number of amides is 2. The standard InChI is InChI=1S/C30H33ClIN3O4S/c1-40(38,39)35(27-17-15-25(32)16-18-27)21-29(36)34(20-23-11-13-24(31)14-12-23)28(19-22-7-3-2-4-8-22)30(37)33-26-9-5-6-10-26/h2-4,7-8,11-18,26,28H,5-6,9-10,19-21H2,1H3,(H,33,37)/t28-/m1/s1. The molecule has 0 radical (unpaired) electrons. The lowest BCUT2D eigenvalue weighted by Gasteiger charge is -2.34. The normalized spacial score (nSPS) is 14.5. The smallest absolute Gasteiger partial charge is 0.244 e. The fourth-order valence-corrected chi connectivity index (χ4v) is 6.26. The fourth-order valence-electron chi connectivity index (χ4n) is 4.93. The Bertz CT molecular complexity index is 1400. The van der Waals surface area contributed by atoms with Crippen LogP contribution >= 0.6 is 34.2 Å². The predicted molar refractivity (Wildman–Crippen MR) is 168 cm³/mol. The molecule has 3 aromatic rings. The zero-order chi connectivity index (χ0) is 28.7. The molecule has 0 unspecified atom stereocenters. The van der Waals surface area contributed by atoms with E-state index >= 15 is 0 Å². The molecule has 0 bridgehead atoms. The maximum Gasteiger partial charge on any atom is 0.244 e. The van der Waals surface area contributed by atoms with E-state index in [1.165, 1.54) is 4.90 Å². The second-order valence-corrected chi connectivity index (χ2v) is 13.7. The zero-order valence-corrected chi connectivity index (χ0v) is 26.0. The summed E-state index contributed by atoms with van der Waals surface area (Å²) in [6.45, 7) is -0.315. The minimum atomic E-state index is -3.80. The third-order valence-electron chi connectivity index (χ3n) is 7.03. The Kier molecular flexibility index (Phi) is 10.5. The minimum Gasteiger partial charge on any atom is -0.352 e. The molecule has 7 nitrogen and oxygen atoms in total. The summed E-state index contributed by atoms with van der Waals surface area (Å²) in [5.41, 5.74) is 2.07. The molecule has 4 rings (SSSR count). The lowest BCUT2D eigenvalue weighted by Crippen LogP contribution is -2.54. The molecule has 1 fully saturated rings. The first-order valence-electron chi connectivity index (χ1n) is 13.2. The molecule has 3 aromatic carbocycles. The Balaban J connectivity index is 1.71. The maximum absolute atomic E-state index is 14.1. The number of nitrogens with zero attached hydrogens (tertiary/aromatic N) is 2. The van der Waals surface area contributed by atoms with E-state index in [1.54, 1.807) is 36.4 Å². The number of hydrogen-bond acceptors (Lipinski definition) is 4. The molecular weight excluding hydrogens is 661 g/mol. The van der Waals surface area contributed by atoms with Crippen LogP contribution in [0.15, 0.2) is 78.9 Å². The van der Waals surface area contributed by atoms with Crippen LogP contribution in [0.25, 0.3) is 0 Å². The highest BCUT2D eigenvalue weighted by Gasteiger charge is 2.34. The average Bonchev–Trinajstić information content (AvgIpc) is 3.44. The highest BCUT2D eigenvalue weighted by molar-refractivity contribution is 14.1. The molecule has 0 aromatic heterocycles. The molecule has 1 saturated carbocycles. The van der Waals surface area contributed by atoms with Crippen molar-refractivity contribution in [2.45, 2.75) is 50.7 Å². The van der Waals surface area contributed by atoms with Crippen LogP contribution in [0, 0.1) is 3.57 Å². The van der Waals surface area contributed by atoms with Crippen LogP contribution in [-0.4, -0.2) is 50.0 Å². The summed E-state index contributed by atoms with van der Waals surface area (Å²) in [5, 5.41) is 3.72. The van der Waals surface area contributed by atoms with Crippen LogP contribution in [-0.2, 0) is 32.6 Å². The first-order chi connectivity index (χ1) is 19.1. The van der Waals surface area contributed by atoms with Gasteiger partial charge in [-0.15, -0.1) is 0 Å². The SMILES string of the molecule is CS(=O)(=O)N(CC(=O)N(Cc1ccc(Cl)cc1)[C@H](Cc1ccccc1)C(=O)NC1CCCC1)c1ccc(I)cc1. The van der Waals surface area contributed by atoms with Gasteiger partial charge in [-0.2, -0.15) is 0 Å². The van der Waals surface area contributed by atoms with Gasteiger partial charge in [-0.05, 0) is 83.0 Å². The van der Waals surface area contributed by atoms with E-state index < -0.39 is 28.5 Å². The van der Waals surface area contributed by atoms with E-state index in [-0.39, 0.29) is 18.5 Å². The van der Waals surface area contributed by atoms with Crippen molar-refractivity contribution >= 4 is 61.7 Å². The monoisotopic (exact) mass is 693 g/mol. The predicted octanol–water partition coefficient (Wildman–Crippen LogP) is 5.41. The maximum atomic E-state index is 14.1. The van der Waals surface area contributed by atoms with E-state index in [9.17, 15) is 18.0 Å². The van der Waals surface area contributed by atoms with Gasteiger partial charge < -0.3 is 10.2 Å². The summed E-state index contributed by atoms with van der Waals surface area (Å²) in [6.07, 6.45) is 5.30. The average molecular weight is 694 g/mol. The summed E-state index contributed by atoms with van der Waals surface area (Å²) in [7, 11) is -3.80. The molecule has 2 amide bonds. The van der Waals surface area contributed by atoms with E-state index in [0.717, 1.165) is 50.9 Å². The Morgan fingerprint density at radius 2 is 1.57 bits per heavy atom. The second kappa shape index (κ2) is 13.8. The summed E-state index contributed by atoms with van der Waals surface area (Å²) in [4.78, 5) is 29.4.